The molecular weight excluding hydrogens is 178 g/mol. The molecule has 0 unspecified atom stereocenters. The number of H-pyrrole nitrogens is 1. The van der Waals surface area contributed by atoms with E-state index >= 15 is 0 Å². The third-order valence-electron chi connectivity index (χ3n) is 1.45. The minimum Gasteiger partial charge on any atom is -0.481 e. The number of nitrogens with zero attached hydrogens (tertiary/aromatic N) is 2. The average molecular weight is 183 g/mol. The maximum atomic E-state index is 10.4. The van der Waals surface area contributed by atoms with Crippen LogP contribution in [0.4, 0.5) is 0 Å². The zero-order chi connectivity index (χ0) is 8.55. The van der Waals surface area contributed by atoms with E-state index in [9.17, 15) is 4.79 Å². The van der Waals surface area contributed by atoms with Crippen molar-refractivity contribution in [3.8, 4) is 0 Å². The molecule has 0 aromatic carbocycles. The van der Waals surface area contributed by atoms with Gasteiger partial charge in [-0.1, -0.05) is 0 Å². The highest BCUT2D eigenvalue weighted by Gasteiger charge is 2.10. The molecule has 0 spiro atoms. The van der Waals surface area contributed by atoms with Crippen LogP contribution in [0, 0.1) is 0 Å². The van der Waals surface area contributed by atoms with Gasteiger partial charge in [0.15, 0.2) is 5.65 Å². The van der Waals surface area contributed by atoms with Crippen molar-refractivity contribution in [1.82, 2.24) is 14.3 Å². The number of carboxylic acid groups (broad SMARTS) is 1. The van der Waals surface area contributed by atoms with Crippen LogP contribution in [0.5, 0.6) is 0 Å². The molecule has 12 heavy (non-hydrogen) atoms. The van der Waals surface area contributed by atoms with E-state index in [1.165, 1.54) is 17.9 Å². The Morgan fingerprint density at radius 1 is 1.75 bits per heavy atom. The topological polar surface area (TPSA) is 78.9 Å². The van der Waals surface area contributed by atoms with E-state index in [-0.39, 0.29) is 6.42 Å². The number of aromatic amines is 1. The van der Waals surface area contributed by atoms with Crippen molar-refractivity contribution in [3.63, 3.8) is 0 Å². The number of aromatic nitrogens is 3. The van der Waals surface area contributed by atoms with Gasteiger partial charge in [-0.05, 0) is 11.5 Å². The fraction of sp³-hybridized carbons (Fsp3) is 0.167. The van der Waals surface area contributed by atoms with Crippen LogP contribution in [0.3, 0.4) is 0 Å². The Kier molecular flexibility index (Phi) is 1.54. The smallest absolute Gasteiger partial charge is 0.308 e. The first-order valence-electron chi connectivity index (χ1n) is 3.27. The van der Waals surface area contributed by atoms with E-state index in [1.54, 1.807) is 0 Å². The number of carboxylic acids is 1. The van der Waals surface area contributed by atoms with Gasteiger partial charge in [-0.25, -0.2) is 4.98 Å². The van der Waals surface area contributed by atoms with E-state index in [0.717, 1.165) is 10.4 Å². The molecule has 0 saturated heterocycles. The maximum Gasteiger partial charge on any atom is 0.308 e. The Morgan fingerprint density at radius 2 is 2.58 bits per heavy atom. The molecule has 62 valence electrons. The molecule has 5 nitrogen and oxygen atoms in total. The van der Waals surface area contributed by atoms with Crippen LogP contribution in [0.2, 0.25) is 0 Å². The minimum absolute atomic E-state index is 0.00333. The summed E-state index contributed by atoms with van der Waals surface area (Å²) in [5.74, 6) is -0.852. The molecule has 0 aliphatic carbocycles. The molecule has 2 rings (SSSR count). The van der Waals surface area contributed by atoms with Crippen molar-refractivity contribution in [1.29, 1.82) is 0 Å². The Balaban J connectivity index is 2.47. The lowest BCUT2D eigenvalue weighted by Crippen LogP contribution is -1.97. The lowest BCUT2D eigenvalue weighted by Gasteiger charge is -1.86. The Hall–Kier alpha value is -1.43. The van der Waals surface area contributed by atoms with Gasteiger partial charge in [0, 0.05) is 0 Å². The molecule has 2 N–H and O–H groups in total. The molecule has 0 atom stereocenters. The molecule has 0 radical (unpaired) electrons. The summed E-state index contributed by atoms with van der Waals surface area (Å²) in [5, 5.41) is 8.53. The second-order valence-corrected chi connectivity index (χ2v) is 3.14. The zero-order valence-corrected chi connectivity index (χ0v) is 6.76. The quantitative estimate of drug-likeness (QED) is 0.716. The fourth-order valence-corrected chi connectivity index (χ4v) is 1.73. The predicted molar refractivity (Wildman–Crippen MR) is 43.1 cm³/mol. The minimum atomic E-state index is -0.852. The molecule has 0 aliphatic rings. The molecule has 0 saturated carbocycles. The van der Waals surface area contributed by atoms with E-state index in [0.29, 0.717) is 5.65 Å². The summed E-state index contributed by atoms with van der Waals surface area (Å²) >= 11 is 1.17. The molecule has 0 fully saturated rings. The van der Waals surface area contributed by atoms with Crippen LogP contribution in [-0.4, -0.2) is 25.4 Å². The zero-order valence-electron chi connectivity index (χ0n) is 5.94. The lowest BCUT2D eigenvalue weighted by atomic mass is 10.3. The maximum absolute atomic E-state index is 10.4. The molecule has 6 heteroatoms. The summed E-state index contributed by atoms with van der Waals surface area (Å²) < 4.78 is 3.97. The van der Waals surface area contributed by atoms with Gasteiger partial charge in [-0.15, -0.1) is 0 Å². The monoisotopic (exact) mass is 183 g/mol. The van der Waals surface area contributed by atoms with Crippen LogP contribution in [0.15, 0.2) is 6.33 Å². The van der Waals surface area contributed by atoms with Gasteiger partial charge in [-0.2, -0.15) is 4.37 Å². The number of carbonyl (C=O) groups is 1. The summed E-state index contributed by atoms with van der Waals surface area (Å²) in [5.41, 5.74) is 1.33. The van der Waals surface area contributed by atoms with E-state index < -0.39 is 5.97 Å². The number of hydrogen-bond donors (Lipinski definition) is 2. The van der Waals surface area contributed by atoms with Gasteiger partial charge < -0.3 is 10.1 Å². The third kappa shape index (κ3) is 1.06. The average Bonchev–Trinajstić information content (AvgIpc) is 2.52. The Labute approximate surface area is 71.2 Å². The first-order valence-corrected chi connectivity index (χ1v) is 4.04. The van der Waals surface area contributed by atoms with Gasteiger partial charge in [0.25, 0.3) is 0 Å². The highest BCUT2D eigenvalue weighted by molar-refractivity contribution is 7.07. The molecule has 0 bridgehead atoms. The molecular formula is C6H5N3O2S. The number of aliphatic carboxylic acids is 1. The van der Waals surface area contributed by atoms with Crippen LogP contribution in [-0.2, 0) is 11.2 Å². The predicted octanol–water partition coefficient (Wildman–Crippen LogP) is 0.646. The Bertz CT molecular complexity index is 419. The molecule has 0 aliphatic heterocycles. The van der Waals surface area contributed by atoms with Crippen LogP contribution in [0.25, 0.3) is 11.2 Å². The van der Waals surface area contributed by atoms with Crippen LogP contribution < -0.4 is 0 Å². The van der Waals surface area contributed by atoms with Crippen molar-refractivity contribution in [3.05, 3.63) is 11.2 Å². The van der Waals surface area contributed by atoms with Gasteiger partial charge in [0.1, 0.15) is 5.52 Å². The van der Waals surface area contributed by atoms with Crippen LogP contribution in [0.1, 0.15) is 4.88 Å². The summed E-state index contributed by atoms with van der Waals surface area (Å²) in [6.07, 6.45) is 1.51. The summed E-state index contributed by atoms with van der Waals surface area (Å²) in [6.45, 7) is 0. The van der Waals surface area contributed by atoms with Gasteiger partial charge in [-0.3, -0.25) is 4.79 Å². The first kappa shape index (κ1) is 7.23. The lowest BCUT2D eigenvalue weighted by molar-refractivity contribution is -0.136. The summed E-state index contributed by atoms with van der Waals surface area (Å²) in [4.78, 5) is 17.8. The SMILES string of the molecule is O=C(O)Cc1snc2nc[nH]c12. The molecule has 2 aromatic rings. The van der Waals surface area contributed by atoms with Gasteiger partial charge in [0.05, 0.1) is 17.6 Å². The Morgan fingerprint density at radius 3 is 3.33 bits per heavy atom. The first-order chi connectivity index (χ1) is 5.77. The number of rotatable bonds is 2. The molecule has 2 heterocycles. The van der Waals surface area contributed by atoms with E-state index in [2.05, 4.69) is 14.3 Å². The van der Waals surface area contributed by atoms with Crippen molar-refractivity contribution in [2.45, 2.75) is 6.42 Å². The fourth-order valence-electron chi connectivity index (χ4n) is 0.963. The number of imidazole rings is 1. The second-order valence-electron chi connectivity index (χ2n) is 2.28. The summed E-state index contributed by atoms with van der Waals surface area (Å²) in [6, 6.07) is 0. The molecule has 2 aromatic heterocycles. The van der Waals surface area contributed by atoms with Crippen LogP contribution >= 0.6 is 11.5 Å². The van der Waals surface area contributed by atoms with Gasteiger partial charge >= 0.3 is 5.97 Å². The highest BCUT2D eigenvalue weighted by atomic mass is 32.1. The normalized spacial score (nSPS) is 10.7. The van der Waals surface area contributed by atoms with Crippen molar-refractivity contribution in [2.75, 3.05) is 0 Å². The van der Waals surface area contributed by atoms with E-state index in [4.69, 9.17) is 5.11 Å². The largest absolute Gasteiger partial charge is 0.481 e. The number of fused-ring (bicyclic) bond motifs is 1. The number of hydrogen-bond acceptors (Lipinski definition) is 4. The van der Waals surface area contributed by atoms with E-state index in [1.807, 2.05) is 0 Å². The van der Waals surface area contributed by atoms with Gasteiger partial charge in [0.2, 0.25) is 0 Å². The van der Waals surface area contributed by atoms with Crippen molar-refractivity contribution in [2.24, 2.45) is 0 Å². The van der Waals surface area contributed by atoms with Crippen molar-refractivity contribution >= 4 is 28.7 Å². The third-order valence-corrected chi connectivity index (χ3v) is 2.29. The number of nitrogens with one attached hydrogen (secondary N) is 1. The van der Waals surface area contributed by atoms with Crippen molar-refractivity contribution < 1.29 is 9.90 Å². The summed E-state index contributed by atoms with van der Waals surface area (Å²) in [7, 11) is 0. The highest BCUT2D eigenvalue weighted by Crippen LogP contribution is 2.18. The standard InChI is InChI=1S/C6H5N3O2S/c10-4(11)1-3-5-6(9-12-3)8-2-7-5/h2H,1H2,(H,10,11)(H,7,8,9). The molecule has 0 amide bonds. The second kappa shape index (κ2) is 2.56.